The highest BCUT2D eigenvalue weighted by atomic mass is 16.5. The molecule has 154 valence electrons. The predicted molar refractivity (Wildman–Crippen MR) is 113 cm³/mol. The fourth-order valence-electron chi connectivity index (χ4n) is 3.60. The van der Waals surface area contributed by atoms with Crippen LogP contribution in [0.4, 0.5) is 0 Å². The zero-order chi connectivity index (χ0) is 21.2. The first-order chi connectivity index (χ1) is 13.7. The van der Waals surface area contributed by atoms with Gasteiger partial charge in [-0.15, -0.1) is 0 Å². The topological polar surface area (TPSA) is 56.8 Å². The van der Waals surface area contributed by atoms with E-state index in [0.29, 0.717) is 17.8 Å². The number of carbonyl (C=O) groups is 1. The molecule has 5 nitrogen and oxygen atoms in total. The summed E-state index contributed by atoms with van der Waals surface area (Å²) in [5, 5.41) is 3.05. The third kappa shape index (κ3) is 4.24. The summed E-state index contributed by atoms with van der Waals surface area (Å²) >= 11 is 0. The summed E-state index contributed by atoms with van der Waals surface area (Å²) in [6.45, 7) is 7.76. The number of ether oxygens (including phenoxy) is 3. The fourth-order valence-corrected chi connectivity index (χ4v) is 3.60. The Bertz CT molecular complexity index is 858. The van der Waals surface area contributed by atoms with Gasteiger partial charge in [-0.3, -0.25) is 4.79 Å². The molecule has 1 aliphatic heterocycles. The second-order valence-electron chi connectivity index (χ2n) is 8.30. The maximum atomic E-state index is 12.9. The first kappa shape index (κ1) is 20.8. The lowest BCUT2D eigenvalue weighted by molar-refractivity contribution is -0.119. The Labute approximate surface area is 172 Å². The number of allylic oxidation sites excluding steroid dienone is 1. The van der Waals surface area contributed by atoms with Crippen molar-refractivity contribution in [1.29, 1.82) is 0 Å². The minimum Gasteiger partial charge on any atom is -0.497 e. The number of carbonyl (C=O) groups excluding carboxylic acids is 1. The zero-order valence-electron chi connectivity index (χ0n) is 18.0. The van der Waals surface area contributed by atoms with Crippen LogP contribution in [-0.2, 0) is 15.1 Å². The molecule has 0 bridgehead atoms. The first-order valence-corrected chi connectivity index (χ1v) is 9.69. The Morgan fingerprint density at radius 2 is 1.38 bits per heavy atom. The van der Waals surface area contributed by atoms with Gasteiger partial charge in [-0.05, 0) is 52.0 Å². The lowest BCUT2D eigenvalue weighted by atomic mass is 9.82. The van der Waals surface area contributed by atoms with Crippen LogP contribution in [0.2, 0.25) is 0 Å². The molecule has 3 rings (SSSR count). The summed E-state index contributed by atoms with van der Waals surface area (Å²) in [6, 6.07) is 15.6. The van der Waals surface area contributed by atoms with Gasteiger partial charge in [-0.1, -0.05) is 24.3 Å². The van der Waals surface area contributed by atoms with E-state index in [0.717, 1.165) is 22.6 Å². The van der Waals surface area contributed by atoms with E-state index >= 15 is 0 Å². The molecule has 0 aliphatic carbocycles. The minimum absolute atomic E-state index is 0.0982. The number of benzene rings is 2. The van der Waals surface area contributed by atoms with Crippen molar-refractivity contribution >= 4 is 5.91 Å². The second-order valence-corrected chi connectivity index (χ2v) is 8.30. The molecule has 5 heteroatoms. The van der Waals surface area contributed by atoms with Crippen LogP contribution < -0.4 is 14.8 Å². The van der Waals surface area contributed by atoms with Gasteiger partial charge in [0.05, 0.1) is 19.8 Å². The Morgan fingerprint density at radius 1 is 0.931 bits per heavy atom. The molecule has 2 aromatic rings. The van der Waals surface area contributed by atoms with Crippen LogP contribution in [0, 0.1) is 0 Å². The van der Waals surface area contributed by atoms with Crippen LogP contribution in [0.15, 0.2) is 59.9 Å². The summed E-state index contributed by atoms with van der Waals surface area (Å²) in [6.07, 6.45) is 0.444. The van der Waals surface area contributed by atoms with Crippen molar-refractivity contribution in [3.8, 4) is 11.5 Å². The molecule has 0 atom stereocenters. The van der Waals surface area contributed by atoms with Gasteiger partial charge >= 0.3 is 0 Å². The number of methoxy groups -OCH3 is 2. The van der Waals surface area contributed by atoms with Crippen LogP contribution in [0.25, 0.3) is 0 Å². The number of rotatable bonds is 5. The van der Waals surface area contributed by atoms with E-state index in [-0.39, 0.29) is 11.4 Å². The molecule has 0 aromatic heterocycles. The van der Waals surface area contributed by atoms with Gasteiger partial charge in [-0.2, -0.15) is 0 Å². The first-order valence-electron chi connectivity index (χ1n) is 9.69. The molecule has 2 aromatic carbocycles. The average Bonchev–Trinajstić information content (AvgIpc) is 3.05. The summed E-state index contributed by atoms with van der Waals surface area (Å²) < 4.78 is 17.1. The summed E-state index contributed by atoms with van der Waals surface area (Å²) in [5.41, 5.74) is 1.47. The molecule has 29 heavy (non-hydrogen) atoms. The molecular weight excluding hydrogens is 366 g/mol. The lowest BCUT2D eigenvalue weighted by Crippen LogP contribution is -2.41. The van der Waals surface area contributed by atoms with E-state index in [1.807, 2.05) is 76.2 Å². The van der Waals surface area contributed by atoms with Gasteiger partial charge in [0.1, 0.15) is 17.3 Å². The van der Waals surface area contributed by atoms with Gasteiger partial charge in [-0.25, -0.2) is 0 Å². The Kier molecular flexibility index (Phi) is 5.60. The van der Waals surface area contributed by atoms with Crippen molar-refractivity contribution in [3.05, 3.63) is 71.0 Å². The van der Waals surface area contributed by atoms with Crippen molar-refractivity contribution in [3.63, 3.8) is 0 Å². The van der Waals surface area contributed by atoms with E-state index < -0.39 is 5.60 Å². The highest BCUT2D eigenvalue weighted by Gasteiger charge is 2.45. The predicted octanol–water partition coefficient (Wildman–Crippen LogP) is 4.56. The zero-order valence-corrected chi connectivity index (χ0v) is 18.0. The summed E-state index contributed by atoms with van der Waals surface area (Å²) in [4.78, 5) is 12.9. The maximum Gasteiger partial charge on any atom is 0.251 e. The summed E-state index contributed by atoms with van der Waals surface area (Å²) in [7, 11) is 3.28. The Morgan fingerprint density at radius 3 is 1.76 bits per heavy atom. The van der Waals surface area contributed by atoms with Gasteiger partial charge in [0.25, 0.3) is 5.91 Å². The van der Waals surface area contributed by atoms with Crippen LogP contribution in [-0.4, -0.2) is 25.7 Å². The standard InChI is InChI=1S/C24H29NO4/c1-16-21(22(26)25-23(2,3)4)15-24(29-16,17-7-11-19(27-5)12-8-17)18-9-13-20(28-6)14-10-18/h7-14H,15H2,1-6H3,(H,25,26). The van der Waals surface area contributed by atoms with E-state index in [9.17, 15) is 4.79 Å². The second kappa shape index (κ2) is 7.82. The average molecular weight is 395 g/mol. The Balaban J connectivity index is 2.04. The third-order valence-electron chi connectivity index (χ3n) is 5.05. The number of hydrogen-bond donors (Lipinski definition) is 1. The highest BCUT2D eigenvalue weighted by molar-refractivity contribution is 5.95. The van der Waals surface area contributed by atoms with E-state index in [4.69, 9.17) is 14.2 Å². The SMILES string of the molecule is COc1ccc(C2(c3ccc(OC)cc3)CC(C(=O)NC(C)(C)C)=C(C)O2)cc1. The molecule has 0 saturated carbocycles. The fraction of sp³-hybridized carbons (Fsp3) is 0.375. The van der Waals surface area contributed by atoms with Crippen molar-refractivity contribution < 1.29 is 19.0 Å². The molecule has 1 N–H and O–H groups in total. The molecular formula is C24H29NO4. The Hall–Kier alpha value is -2.95. The molecule has 0 unspecified atom stereocenters. The van der Waals surface area contributed by atoms with Crippen LogP contribution in [0.1, 0.15) is 45.2 Å². The molecule has 0 fully saturated rings. The monoisotopic (exact) mass is 395 g/mol. The normalized spacial score (nSPS) is 15.7. The number of hydrogen-bond acceptors (Lipinski definition) is 4. The number of amides is 1. The highest BCUT2D eigenvalue weighted by Crippen LogP contribution is 2.47. The lowest BCUT2D eigenvalue weighted by Gasteiger charge is -2.31. The van der Waals surface area contributed by atoms with Gasteiger partial charge in [0, 0.05) is 23.1 Å². The molecule has 0 spiro atoms. The van der Waals surface area contributed by atoms with Crippen molar-refractivity contribution in [2.75, 3.05) is 14.2 Å². The molecule has 0 saturated heterocycles. The molecule has 1 aliphatic rings. The number of nitrogens with one attached hydrogen (secondary N) is 1. The van der Waals surface area contributed by atoms with Crippen molar-refractivity contribution in [2.24, 2.45) is 0 Å². The quantitative estimate of drug-likeness (QED) is 0.807. The minimum atomic E-state index is -0.785. The smallest absolute Gasteiger partial charge is 0.251 e. The van der Waals surface area contributed by atoms with Crippen molar-refractivity contribution in [1.82, 2.24) is 5.32 Å². The molecule has 1 heterocycles. The van der Waals surface area contributed by atoms with E-state index in [2.05, 4.69) is 5.32 Å². The van der Waals surface area contributed by atoms with E-state index in [1.54, 1.807) is 14.2 Å². The van der Waals surface area contributed by atoms with Gasteiger partial charge in [0.15, 0.2) is 5.60 Å². The van der Waals surface area contributed by atoms with Crippen LogP contribution in [0.5, 0.6) is 11.5 Å². The van der Waals surface area contributed by atoms with Gasteiger partial charge < -0.3 is 19.5 Å². The summed E-state index contributed by atoms with van der Waals surface area (Å²) in [5.74, 6) is 2.08. The van der Waals surface area contributed by atoms with Crippen molar-refractivity contribution in [2.45, 2.75) is 45.3 Å². The van der Waals surface area contributed by atoms with Gasteiger partial charge in [0.2, 0.25) is 0 Å². The van der Waals surface area contributed by atoms with E-state index in [1.165, 1.54) is 0 Å². The third-order valence-corrected chi connectivity index (χ3v) is 5.05. The molecule has 0 radical (unpaired) electrons. The largest absolute Gasteiger partial charge is 0.497 e. The van der Waals surface area contributed by atoms with Crippen LogP contribution >= 0.6 is 0 Å². The van der Waals surface area contributed by atoms with Crippen LogP contribution in [0.3, 0.4) is 0 Å². The molecule has 1 amide bonds. The maximum absolute atomic E-state index is 12.9.